The Morgan fingerprint density at radius 2 is 2.13 bits per heavy atom. The molecule has 0 aliphatic carbocycles. The standard InChI is InChI=1S/C11H13NO2S/c1-4-11(12-2)9-6-5-7-10(8-9)15(3,13)14/h1,5-8,11-12H,2-3H3. The van der Waals surface area contributed by atoms with Crippen LogP contribution < -0.4 is 5.32 Å². The smallest absolute Gasteiger partial charge is 0.175 e. The van der Waals surface area contributed by atoms with Gasteiger partial charge in [0.05, 0.1) is 10.9 Å². The molecule has 0 spiro atoms. The van der Waals surface area contributed by atoms with Crippen molar-refractivity contribution in [2.24, 2.45) is 0 Å². The van der Waals surface area contributed by atoms with Gasteiger partial charge in [0.25, 0.3) is 0 Å². The molecule has 1 rings (SSSR count). The van der Waals surface area contributed by atoms with Crippen molar-refractivity contribution in [3.05, 3.63) is 29.8 Å². The van der Waals surface area contributed by atoms with Crippen molar-refractivity contribution < 1.29 is 8.42 Å². The van der Waals surface area contributed by atoms with E-state index in [4.69, 9.17) is 6.42 Å². The summed E-state index contributed by atoms with van der Waals surface area (Å²) >= 11 is 0. The molecule has 1 aromatic carbocycles. The third kappa shape index (κ3) is 2.82. The van der Waals surface area contributed by atoms with Gasteiger partial charge < -0.3 is 5.32 Å². The van der Waals surface area contributed by atoms with Crippen molar-refractivity contribution in [2.75, 3.05) is 13.3 Å². The maximum atomic E-state index is 11.3. The fourth-order valence-corrected chi connectivity index (χ4v) is 1.95. The number of hydrogen-bond acceptors (Lipinski definition) is 3. The Labute approximate surface area is 90.4 Å². The summed E-state index contributed by atoms with van der Waals surface area (Å²) in [5.41, 5.74) is 0.780. The highest BCUT2D eigenvalue weighted by Crippen LogP contribution is 2.16. The molecule has 1 unspecified atom stereocenters. The third-order valence-corrected chi connectivity index (χ3v) is 3.19. The number of sulfone groups is 1. The van der Waals surface area contributed by atoms with E-state index >= 15 is 0 Å². The van der Waals surface area contributed by atoms with Gasteiger partial charge in [0.2, 0.25) is 0 Å². The zero-order valence-electron chi connectivity index (χ0n) is 8.69. The van der Waals surface area contributed by atoms with Crippen molar-refractivity contribution in [1.82, 2.24) is 5.32 Å². The molecular formula is C11H13NO2S. The summed E-state index contributed by atoms with van der Waals surface area (Å²) in [6.45, 7) is 0. The first-order valence-corrected chi connectivity index (χ1v) is 6.31. The van der Waals surface area contributed by atoms with Crippen molar-refractivity contribution in [1.29, 1.82) is 0 Å². The second kappa shape index (κ2) is 4.47. The highest BCUT2D eigenvalue weighted by Gasteiger charge is 2.10. The van der Waals surface area contributed by atoms with Crippen molar-refractivity contribution in [2.45, 2.75) is 10.9 Å². The topological polar surface area (TPSA) is 46.2 Å². The van der Waals surface area contributed by atoms with E-state index in [-0.39, 0.29) is 10.9 Å². The Balaban J connectivity index is 3.20. The summed E-state index contributed by atoms with van der Waals surface area (Å²) in [5, 5.41) is 2.92. The average molecular weight is 223 g/mol. The van der Waals surface area contributed by atoms with E-state index in [1.54, 1.807) is 31.3 Å². The zero-order valence-corrected chi connectivity index (χ0v) is 9.51. The van der Waals surface area contributed by atoms with Gasteiger partial charge in [-0.1, -0.05) is 18.1 Å². The zero-order chi connectivity index (χ0) is 11.5. The van der Waals surface area contributed by atoms with Gasteiger partial charge in [0, 0.05) is 6.26 Å². The van der Waals surface area contributed by atoms with Crippen LogP contribution in [0.5, 0.6) is 0 Å². The molecule has 0 radical (unpaired) electrons. The fraction of sp³-hybridized carbons (Fsp3) is 0.273. The van der Waals surface area contributed by atoms with E-state index in [0.29, 0.717) is 0 Å². The number of rotatable bonds is 3. The van der Waals surface area contributed by atoms with E-state index in [1.807, 2.05) is 0 Å². The van der Waals surface area contributed by atoms with Gasteiger partial charge in [0.1, 0.15) is 0 Å². The lowest BCUT2D eigenvalue weighted by Gasteiger charge is -2.10. The minimum absolute atomic E-state index is 0.258. The van der Waals surface area contributed by atoms with Crippen LogP contribution in [0.25, 0.3) is 0 Å². The summed E-state index contributed by atoms with van der Waals surface area (Å²) in [6.07, 6.45) is 6.49. The van der Waals surface area contributed by atoms with Crippen LogP contribution in [0.15, 0.2) is 29.2 Å². The van der Waals surface area contributed by atoms with Gasteiger partial charge in [0.15, 0.2) is 9.84 Å². The van der Waals surface area contributed by atoms with Gasteiger partial charge in [-0.15, -0.1) is 6.42 Å². The normalized spacial score (nSPS) is 13.1. The minimum Gasteiger partial charge on any atom is -0.303 e. The maximum absolute atomic E-state index is 11.3. The van der Waals surface area contributed by atoms with E-state index in [1.165, 1.54) is 6.26 Å². The Kier molecular flexibility index (Phi) is 3.51. The molecule has 0 bridgehead atoms. The molecule has 0 heterocycles. The molecule has 3 nitrogen and oxygen atoms in total. The van der Waals surface area contributed by atoms with Gasteiger partial charge in [-0.2, -0.15) is 0 Å². The first-order chi connectivity index (χ1) is 6.99. The van der Waals surface area contributed by atoms with Crippen LogP contribution >= 0.6 is 0 Å². The first-order valence-electron chi connectivity index (χ1n) is 4.42. The van der Waals surface area contributed by atoms with Crippen molar-refractivity contribution in [3.8, 4) is 12.3 Å². The third-order valence-electron chi connectivity index (χ3n) is 2.07. The van der Waals surface area contributed by atoms with Gasteiger partial charge in [-0.05, 0) is 24.7 Å². The van der Waals surface area contributed by atoms with E-state index in [9.17, 15) is 8.42 Å². The Morgan fingerprint density at radius 1 is 1.47 bits per heavy atom. The quantitative estimate of drug-likeness (QED) is 0.777. The predicted octanol–water partition coefficient (Wildman–Crippen LogP) is 0.984. The molecule has 0 fully saturated rings. The van der Waals surface area contributed by atoms with Crippen LogP contribution in [0.2, 0.25) is 0 Å². The Morgan fingerprint density at radius 3 is 2.60 bits per heavy atom. The molecule has 15 heavy (non-hydrogen) atoms. The average Bonchev–Trinajstić information content (AvgIpc) is 2.19. The number of terminal acetylenes is 1. The summed E-state index contributed by atoms with van der Waals surface area (Å²) in [5.74, 6) is 2.54. The highest BCUT2D eigenvalue weighted by atomic mass is 32.2. The van der Waals surface area contributed by atoms with Crippen LogP contribution in [0, 0.1) is 12.3 Å². The minimum atomic E-state index is -3.17. The summed E-state index contributed by atoms with van der Waals surface area (Å²) < 4.78 is 22.6. The second-order valence-electron chi connectivity index (χ2n) is 3.23. The van der Waals surface area contributed by atoms with Crippen LogP contribution in [0.4, 0.5) is 0 Å². The Hall–Kier alpha value is -1.31. The Bertz CT molecular complexity index is 486. The number of benzene rings is 1. The lowest BCUT2D eigenvalue weighted by atomic mass is 10.1. The van der Waals surface area contributed by atoms with Crippen LogP contribution in [0.1, 0.15) is 11.6 Å². The molecule has 0 aliphatic heterocycles. The van der Waals surface area contributed by atoms with E-state index in [2.05, 4.69) is 11.2 Å². The molecule has 0 aliphatic rings. The maximum Gasteiger partial charge on any atom is 0.175 e. The summed E-state index contributed by atoms with van der Waals surface area (Å²) in [7, 11) is -1.44. The summed E-state index contributed by atoms with van der Waals surface area (Å²) in [4.78, 5) is 0.288. The van der Waals surface area contributed by atoms with Crippen LogP contribution in [-0.2, 0) is 9.84 Å². The fourth-order valence-electron chi connectivity index (χ4n) is 1.27. The van der Waals surface area contributed by atoms with Gasteiger partial charge >= 0.3 is 0 Å². The van der Waals surface area contributed by atoms with Gasteiger partial charge in [-0.3, -0.25) is 0 Å². The van der Waals surface area contributed by atoms with Crippen molar-refractivity contribution >= 4 is 9.84 Å². The van der Waals surface area contributed by atoms with Crippen LogP contribution in [0.3, 0.4) is 0 Å². The van der Waals surface area contributed by atoms with E-state index in [0.717, 1.165) is 5.56 Å². The SMILES string of the molecule is C#CC(NC)c1cccc(S(C)(=O)=O)c1. The van der Waals surface area contributed by atoms with Crippen LogP contribution in [-0.4, -0.2) is 21.7 Å². The van der Waals surface area contributed by atoms with E-state index < -0.39 is 9.84 Å². The molecular weight excluding hydrogens is 210 g/mol. The molecule has 80 valence electrons. The highest BCUT2D eigenvalue weighted by molar-refractivity contribution is 7.90. The molecule has 0 amide bonds. The largest absolute Gasteiger partial charge is 0.303 e. The summed E-state index contributed by atoms with van der Waals surface area (Å²) in [6, 6.07) is 6.38. The molecule has 4 heteroatoms. The molecule has 0 saturated carbocycles. The number of nitrogens with one attached hydrogen (secondary N) is 1. The predicted molar refractivity (Wildman–Crippen MR) is 60.2 cm³/mol. The van der Waals surface area contributed by atoms with Gasteiger partial charge in [-0.25, -0.2) is 8.42 Å². The second-order valence-corrected chi connectivity index (χ2v) is 5.25. The molecule has 0 aromatic heterocycles. The lowest BCUT2D eigenvalue weighted by molar-refractivity contribution is 0.601. The monoisotopic (exact) mass is 223 g/mol. The molecule has 0 saturated heterocycles. The first kappa shape index (κ1) is 11.8. The lowest BCUT2D eigenvalue weighted by Crippen LogP contribution is -2.14. The molecule has 1 N–H and O–H groups in total. The van der Waals surface area contributed by atoms with Crippen molar-refractivity contribution in [3.63, 3.8) is 0 Å². The molecule has 1 aromatic rings. The number of hydrogen-bond donors (Lipinski definition) is 1. The molecule has 1 atom stereocenters.